The van der Waals surface area contributed by atoms with Crippen LogP contribution in [0.1, 0.15) is 23.7 Å². The van der Waals surface area contributed by atoms with Crippen LogP contribution in [-0.2, 0) is 4.74 Å². The van der Waals surface area contributed by atoms with Crippen LogP contribution < -0.4 is 4.74 Å². The average molecular weight is 223 g/mol. The van der Waals surface area contributed by atoms with Gasteiger partial charge in [-0.2, -0.15) is 0 Å². The molecule has 0 aromatic carbocycles. The van der Waals surface area contributed by atoms with Gasteiger partial charge in [-0.05, 0) is 12.0 Å². The molecular weight excluding hydrogens is 206 g/mol. The standard InChI is InChI=1S/C12H17NO3/c1-9(8-15-2)4-12(14)10-5-11(16-3)7-13-6-10/h5-7,9H,4,8H2,1-3H3. The van der Waals surface area contributed by atoms with Gasteiger partial charge in [0.15, 0.2) is 5.78 Å². The molecule has 0 radical (unpaired) electrons. The molecule has 0 N–H and O–H groups in total. The minimum atomic E-state index is 0.0657. The summed E-state index contributed by atoms with van der Waals surface area (Å²) < 4.78 is 10.0. The van der Waals surface area contributed by atoms with Crippen LogP contribution in [0.5, 0.6) is 5.75 Å². The number of nitrogens with zero attached hydrogens (tertiary/aromatic N) is 1. The van der Waals surface area contributed by atoms with E-state index in [9.17, 15) is 4.79 Å². The topological polar surface area (TPSA) is 48.4 Å². The molecule has 4 heteroatoms. The van der Waals surface area contributed by atoms with Crippen LogP contribution in [0.15, 0.2) is 18.5 Å². The maximum absolute atomic E-state index is 11.8. The number of methoxy groups -OCH3 is 2. The number of aromatic nitrogens is 1. The van der Waals surface area contributed by atoms with Gasteiger partial charge in [-0.25, -0.2) is 0 Å². The molecule has 0 bridgehead atoms. The zero-order chi connectivity index (χ0) is 12.0. The van der Waals surface area contributed by atoms with Gasteiger partial charge in [-0.3, -0.25) is 9.78 Å². The van der Waals surface area contributed by atoms with Crippen molar-refractivity contribution in [1.29, 1.82) is 0 Å². The maximum Gasteiger partial charge on any atom is 0.164 e. The SMILES string of the molecule is COCC(C)CC(=O)c1cncc(OC)c1. The molecule has 0 amide bonds. The van der Waals surface area contributed by atoms with E-state index in [0.717, 1.165) is 0 Å². The lowest BCUT2D eigenvalue weighted by molar-refractivity contribution is 0.0919. The molecule has 0 aliphatic rings. The molecular formula is C12H17NO3. The lowest BCUT2D eigenvalue weighted by Gasteiger charge is -2.09. The van der Waals surface area contributed by atoms with Crippen LogP contribution in [-0.4, -0.2) is 31.6 Å². The van der Waals surface area contributed by atoms with Gasteiger partial charge in [0, 0.05) is 31.9 Å². The highest BCUT2D eigenvalue weighted by atomic mass is 16.5. The summed E-state index contributed by atoms with van der Waals surface area (Å²) in [6, 6.07) is 1.70. The number of hydrogen-bond donors (Lipinski definition) is 0. The molecule has 0 aliphatic heterocycles. The van der Waals surface area contributed by atoms with Gasteiger partial charge in [0.2, 0.25) is 0 Å². The summed E-state index contributed by atoms with van der Waals surface area (Å²) in [5.41, 5.74) is 0.585. The Hall–Kier alpha value is -1.42. The first-order valence-corrected chi connectivity index (χ1v) is 5.18. The van der Waals surface area contributed by atoms with Crippen molar-refractivity contribution in [2.75, 3.05) is 20.8 Å². The van der Waals surface area contributed by atoms with E-state index >= 15 is 0 Å². The molecule has 88 valence electrons. The van der Waals surface area contributed by atoms with E-state index < -0.39 is 0 Å². The summed E-state index contributed by atoms with van der Waals surface area (Å²) in [6.45, 7) is 2.57. The van der Waals surface area contributed by atoms with Crippen LogP contribution >= 0.6 is 0 Å². The van der Waals surface area contributed by atoms with E-state index in [0.29, 0.717) is 24.3 Å². The number of Topliss-reactive ketones (excluding diaryl/α,β-unsaturated/α-hetero) is 1. The maximum atomic E-state index is 11.8. The summed E-state index contributed by atoms with van der Waals surface area (Å²) in [7, 11) is 3.19. The smallest absolute Gasteiger partial charge is 0.164 e. The van der Waals surface area contributed by atoms with E-state index in [-0.39, 0.29) is 11.7 Å². The van der Waals surface area contributed by atoms with E-state index in [1.165, 1.54) is 0 Å². The van der Waals surface area contributed by atoms with Crippen LogP contribution in [0.2, 0.25) is 0 Å². The largest absolute Gasteiger partial charge is 0.495 e. The lowest BCUT2D eigenvalue weighted by atomic mass is 10.0. The second-order valence-electron chi connectivity index (χ2n) is 3.80. The van der Waals surface area contributed by atoms with Crippen molar-refractivity contribution in [2.45, 2.75) is 13.3 Å². The number of carbonyl (C=O) groups is 1. The summed E-state index contributed by atoms with van der Waals surface area (Å²) in [5, 5.41) is 0. The monoisotopic (exact) mass is 223 g/mol. The molecule has 1 rings (SSSR count). The molecule has 1 atom stereocenters. The second kappa shape index (κ2) is 6.23. The van der Waals surface area contributed by atoms with Gasteiger partial charge in [0.05, 0.1) is 13.3 Å². The molecule has 0 spiro atoms. The highest BCUT2D eigenvalue weighted by Crippen LogP contribution is 2.14. The Morgan fingerprint density at radius 3 is 2.81 bits per heavy atom. The Kier molecular flexibility index (Phi) is 4.92. The molecule has 0 aliphatic carbocycles. The zero-order valence-electron chi connectivity index (χ0n) is 9.90. The van der Waals surface area contributed by atoms with Crippen molar-refractivity contribution in [3.63, 3.8) is 0 Å². The van der Waals surface area contributed by atoms with Crippen LogP contribution in [0, 0.1) is 5.92 Å². The van der Waals surface area contributed by atoms with Gasteiger partial charge >= 0.3 is 0 Å². The van der Waals surface area contributed by atoms with Crippen molar-refractivity contribution in [2.24, 2.45) is 5.92 Å². The Morgan fingerprint density at radius 2 is 2.19 bits per heavy atom. The van der Waals surface area contributed by atoms with Gasteiger partial charge < -0.3 is 9.47 Å². The highest BCUT2D eigenvalue weighted by molar-refractivity contribution is 5.96. The Morgan fingerprint density at radius 1 is 1.44 bits per heavy atom. The minimum Gasteiger partial charge on any atom is -0.495 e. The molecule has 4 nitrogen and oxygen atoms in total. The summed E-state index contributed by atoms with van der Waals surface area (Å²) in [6.07, 6.45) is 3.60. The van der Waals surface area contributed by atoms with Gasteiger partial charge in [-0.15, -0.1) is 0 Å². The zero-order valence-corrected chi connectivity index (χ0v) is 9.90. The van der Waals surface area contributed by atoms with E-state index in [4.69, 9.17) is 9.47 Å². The van der Waals surface area contributed by atoms with Gasteiger partial charge in [0.1, 0.15) is 5.75 Å². The van der Waals surface area contributed by atoms with E-state index in [2.05, 4.69) is 4.98 Å². The van der Waals surface area contributed by atoms with Crippen molar-refractivity contribution in [3.8, 4) is 5.75 Å². The van der Waals surface area contributed by atoms with Gasteiger partial charge in [0.25, 0.3) is 0 Å². The summed E-state index contributed by atoms with van der Waals surface area (Å²) in [4.78, 5) is 15.8. The molecule has 0 fully saturated rings. The van der Waals surface area contributed by atoms with Gasteiger partial charge in [-0.1, -0.05) is 6.92 Å². The second-order valence-corrected chi connectivity index (χ2v) is 3.80. The minimum absolute atomic E-state index is 0.0657. The van der Waals surface area contributed by atoms with Crippen molar-refractivity contribution in [1.82, 2.24) is 4.98 Å². The van der Waals surface area contributed by atoms with Crippen LogP contribution in [0.3, 0.4) is 0 Å². The number of ether oxygens (including phenoxy) is 2. The number of hydrogen-bond acceptors (Lipinski definition) is 4. The Balaban J connectivity index is 2.65. The lowest BCUT2D eigenvalue weighted by Crippen LogP contribution is -2.11. The Bertz CT molecular complexity index is 352. The first-order chi connectivity index (χ1) is 7.67. The summed E-state index contributed by atoms with van der Waals surface area (Å²) in [5.74, 6) is 0.880. The van der Waals surface area contributed by atoms with Crippen molar-refractivity contribution in [3.05, 3.63) is 24.0 Å². The first kappa shape index (κ1) is 12.6. The first-order valence-electron chi connectivity index (χ1n) is 5.18. The molecule has 16 heavy (non-hydrogen) atoms. The Labute approximate surface area is 95.6 Å². The number of rotatable bonds is 6. The quantitative estimate of drug-likeness (QED) is 0.691. The molecule has 1 aromatic heterocycles. The fourth-order valence-electron chi connectivity index (χ4n) is 1.46. The molecule has 1 unspecified atom stereocenters. The van der Waals surface area contributed by atoms with E-state index in [1.54, 1.807) is 32.7 Å². The third kappa shape index (κ3) is 3.62. The van der Waals surface area contributed by atoms with Crippen LogP contribution in [0.25, 0.3) is 0 Å². The normalized spacial score (nSPS) is 12.2. The molecule has 1 aromatic rings. The fourth-order valence-corrected chi connectivity index (χ4v) is 1.46. The number of carbonyl (C=O) groups excluding carboxylic acids is 1. The number of ketones is 1. The van der Waals surface area contributed by atoms with Crippen molar-refractivity contribution >= 4 is 5.78 Å². The highest BCUT2D eigenvalue weighted by Gasteiger charge is 2.12. The molecule has 1 heterocycles. The predicted molar refractivity (Wildman–Crippen MR) is 60.8 cm³/mol. The molecule has 0 saturated heterocycles. The summed E-state index contributed by atoms with van der Waals surface area (Å²) >= 11 is 0. The van der Waals surface area contributed by atoms with Crippen LogP contribution in [0.4, 0.5) is 0 Å². The average Bonchev–Trinajstić information content (AvgIpc) is 2.29. The molecule has 0 saturated carbocycles. The third-order valence-electron chi connectivity index (χ3n) is 2.26. The van der Waals surface area contributed by atoms with E-state index in [1.807, 2.05) is 6.92 Å². The number of pyridine rings is 1. The van der Waals surface area contributed by atoms with Crippen molar-refractivity contribution < 1.29 is 14.3 Å². The fraction of sp³-hybridized carbons (Fsp3) is 0.500. The predicted octanol–water partition coefficient (Wildman–Crippen LogP) is 1.95. The third-order valence-corrected chi connectivity index (χ3v) is 2.26.